The summed E-state index contributed by atoms with van der Waals surface area (Å²) in [6, 6.07) is 0. The maximum atomic E-state index is 4.18. The maximum absolute atomic E-state index is 4.18. The van der Waals surface area contributed by atoms with Gasteiger partial charge in [-0.15, -0.1) is 0 Å². The van der Waals surface area contributed by atoms with E-state index in [-0.39, 0.29) is 0 Å². The van der Waals surface area contributed by atoms with Crippen LogP contribution in [0.4, 0.5) is 0 Å². The predicted molar refractivity (Wildman–Crippen MR) is 34.1 cm³/mol. The third-order valence-corrected chi connectivity index (χ3v) is 2.71. The van der Waals surface area contributed by atoms with Gasteiger partial charge in [-0.3, -0.25) is 4.99 Å². The lowest BCUT2D eigenvalue weighted by atomic mass is 10.1. The molecule has 0 aromatic rings. The quantitative estimate of drug-likeness (QED) is 0.445. The van der Waals surface area contributed by atoms with Gasteiger partial charge in [-0.05, 0) is 11.3 Å². The molecule has 0 spiro atoms. The molecule has 0 radical (unpaired) electrons. The van der Waals surface area contributed by atoms with Gasteiger partial charge in [0.2, 0.25) is 0 Å². The Hall–Kier alpha value is -0.330. The Morgan fingerprint density at radius 3 is 2.62 bits per heavy atom. The molecule has 0 aromatic heterocycles. The fourth-order valence-electron chi connectivity index (χ4n) is 1.72. The number of hydrogen-bond donors (Lipinski definition) is 0. The molecule has 0 bridgehead atoms. The van der Waals surface area contributed by atoms with E-state index >= 15 is 0 Å². The molecular weight excluding hydrogens is 98.1 g/mol. The van der Waals surface area contributed by atoms with Crippen LogP contribution in [0.25, 0.3) is 0 Å². The van der Waals surface area contributed by atoms with Crippen molar-refractivity contribution in [3.63, 3.8) is 0 Å². The van der Waals surface area contributed by atoms with Gasteiger partial charge >= 0.3 is 0 Å². The standard InChI is InChI=1S/C7H11N/c1-7(2)5-3-8-4-6(5)7/h3,5-6H,4H2,1-2H3/t5?,6-/m1/s1. The van der Waals surface area contributed by atoms with Crippen LogP contribution in [0.5, 0.6) is 0 Å². The van der Waals surface area contributed by atoms with Crippen LogP contribution in [0, 0.1) is 17.3 Å². The molecule has 1 heterocycles. The molecule has 44 valence electrons. The zero-order valence-corrected chi connectivity index (χ0v) is 5.39. The first kappa shape index (κ1) is 4.54. The van der Waals surface area contributed by atoms with E-state index in [0.29, 0.717) is 5.41 Å². The van der Waals surface area contributed by atoms with Crippen molar-refractivity contribution in [2.24, 2.45) is 22.2 Å². The van der Waals surface area contributed by atoms with E-state index in [9.17, 15) is 0 Å². The highest BCUT2D eigenvalue weighted by Gasteiger charge is 2.58. The van der Waals surface area contributed by atoms with Gasteiger partial charge in [0.15, 0.2) is 0 Å². The average molecular weight is 109 g/mol. The number of nitrogens with zero attached hydrogens (tertiary/aromatic N) is 1. The van der Waals surface area contributed by atoms with E-state index in [0.717, 1.165) is 18.4 Å². The van der Waals surface area contributed by atoms with Crippen LogP contribution in [-0.4, -0.2) is 12.8 Å². The van der Waals surface area contributed by atoms with Crippen molar-refractivity contribution < 1.29 is 0 Å². The first-order chi connectivity index (χ1) is 3.73. The molecule has 0 aromatic carbocycles. The molecule has 1 aliphatic carbocycles. The van der Waals surface area contributed by atoms with E-state index in [1.54, 1.807) is 0 Å². The zero-order chi connectivity index (χ0) is 5.78. The summed E-state index contributed by atoms with van der Waals surface area (Å²) in [4.78, 5) is 4.18. The van der Waals surface area contributed by atoms with Crippen molar-refractivity contribution >= 4 is 6.21 Å². The van der Waals surface area contributed by atoms with E-state index in [4.69, 9.17) is 0 Å². The molecule has 8 heavy (non-hydrogen) atoms. The van der Waals surface area contributed by atoms with E-state index in [1.165, 1.54) is 0 Å². The molecule has 2 aliphatic rings. The molecule has 2 atom stereocenters. The highest BCUT2D eigenvalue weighted by molar-refractivity contribution is 5.70. The van der Waals surface area contributed by atoms with Crippen molar-refractivity contribution in [1.82, 2.24) is 0 Å². The second-order valence-electron chi connectivity index (χ2n) is 3.47. The molecular formula is C7H11N. The van der Waals surface area contributed by atoms with Crippen molar-refractivity contribution in [2.75, 3.05) is 6.54 Å². The van der Waals surface area contributed by atoms with Crippen molar-refractivity contribution in [2.45, 2.75) is 13.8 Å². The lowest BCUT2D eigenvalue weighted by Gasteiger charge is -2.00. The van der Waals surface area contributed by atoms with Crippen LogP contribution in [0.2, 0.25) is 0 Å². The zero-order valence-electron chi connectivity index (χ0n) is 5.39. The van der Waals surface area contributed by atoms with Gasteiger partial charge in [0, 0.05) is 18.7 Å². The molecule has 2 rings (SSSR count). The molecule has 0 saturated heterocycles. The summed E-state index contributed by atoms with van der Waals surface area (Å²) in [5.41, 5.74) is 0.613. The van der Waals surface area contributed by atoms with E-state index in [1.807, 2.05) is 0 Å². The minimum atomic E-state index is 0.613. The third-order valence-electron chi connectivity index (χ3n) is 2.71. The molecule has 0 N–H and O–H groups in total. The average Bonchev–Trinajstić information content (AvgIpc) is 2.22. The van der Waals surface area contributed by atoms with Crippen molar-refractivity contribution in [3.05, 3.63) is 0 Å². The third kappa shape index (κ3) is 0.320. The van der Waals surface area contributed by atoms with Crippen molar-refractivity contribution in [3.8, 4) is 0 Å². The Morgan fingerprint density at radius 2 is 2.38 bits per heavy atom. The first-order valence-corrected chi connectivity index (χ1v) is 3.23. The topological polar surface area (TPSA) is 12.4 Å². The summed E-state index contributed by atoms with van der Waals surface area (Å²) in [5, 5.41) is 0. The maximum Gasteiger partial charge on any atom is 0.0425 e. The molecule has 1 unspecified atom stereocenters. The van der Waals surface area contributed by atoms with Gasteiger partial charge in [-0.2, -0.15) is 0 Å². The molecule has 1 saturated carbocycles. The van der Waals surface area contributed by atoms with E-state index in [2.05, 4.69) is 25.1 Å². The summed E-state index contributed by atoms with van der Waals surface area (Å²) in [7, 11) is 0. The van der Waals surface area contributed by atoms with Crippen LogP contribution < -0.4 is 0 Å². The smallest absolute Gasteiger partial charge is 0.0425 e. The minimum Gasteiger partial charge on any atom is -0.297 e. The highest BCUT2D eigenvalue weighted by Crippen LogP contribution is 2.59. The van der Waals surface area contributed by atoms with Crippen LogP contribution in [0.3, 0.4) is 0 Å². The highest BCUT2D eigenvalue weighted by atomic mass is 14.9. The van der Waals surface area contributed by atoms with E-state index < -0.39 is 0 Å². The lowest BCUT2D eigenvalue weighted by Crippen LogP contribution is -1.96. The summed E-state index contributed by atoms with van der Waals surface area (Å²) in [5.74, 6) is 1.74. The minimum absolute atomic E-state index is 0.613. The summed E-state index contributed by atoms with van der Waals surface area (Å²) in [6.45, 7) is 5.75. The Kier molecular flexibility index (Phi) is 0.565. The Balaban J connectivity index is 2.24. The van der Waals surface area contributed by atoms with Crippen LogP contribution >= 0.6 is 0 Å². The summed E-state index contributed by atoms with van der Waals surface area (Å²) < 4.78 is 0. The van der Waals surface area contributed by atoms with Crippen LogP contribution in [0.15, 0.2) is 4.99 Å². The SMILES string of the molecule is CC1(C)C2C=NC[C@H]21. The lowest BCUT2D eigenvalue weighted by molar-refractivity contribution is 0.552. The normalized spacial score (nSPS) is 46.8. The Morgan fingerprint density at radius 1 is 1.62 bits per heavy atom. The van der Waals surface area contributed by atoms with Crippen molar-refractivity contribution in [1.29, 1.82) is 0 Å². The number of rotatable bonds is 0. The Bertz CT molecular complexity index is 146. The fourth-order valence-corrected chi connectivity index (χ4v) is 1.72. The molecule has 1 nitrogen and oxygen atoms in total. The monoisotopic (exact) mass is 109 g/mol. The molecule has 1 fully saturated rings. The van der Waals surface area contributed by atoms with Gasteiger partial charge in [0.25, 0.3) is 0 Å². The second kappa shape index (κ2) is 0.996. The molecule has 1 heteroatoms. The predicted octanol–water partition coefficient (Wildman–Crippen LogP) is 1.34. The number of hydrogen-bond acceptors (Lipinski definition) is 1. The van der Waals surface area contributed by atoms with Gasteiger partial charge in [0.05, 0.1) is 0 Å². The first-order valence-electron chi connectivity index (χ1n) is 3.23. The van der Waals surface area contributed by atoms with Crippen LogP contribution in [0.1, 0.15) is 13.8 Å². The van der Waals surface area contributed by atoms with Crippen LogP contribution in [-0.2, 0) is 0 Å². The summed E-state index contributed by atoms with van der Waals surface area (Å²) in [6.07, 6.45) is 2.13. The molecule has 0 amide bonds. The summed E-state index contributed by atoms with van der Waals surface area (Å²) >= 11 is 0. The Labute approximate surface area is 49.8 Å². The second-order valence-corrected chi connectivity index (χ2v) is 3.47. The van der Waals surface area contributed by atoms with Gasteiger partial charge in [-0.1, -0.05) is 13.8 Å². The number of fused-ring (bicyclic) bond motifs is 1. The molecule has 1 aliphatic heterocycles. The van der Waals surface area contributed by atoms with Gasteiger partial charge in [-0.25, -0.2) is 0 Å². The van der Waals surface area contributed by atoms with Gasteiger partial charge < -0.3 is 0 Å². The largest absolute Gasteiger partial charge is 0.297 e. The fraction of sp³-hybridized carbons (Fsp3) is 0.857. The number of aliphatic imine (C=N–C) groups is 1. The van der Waals surface area contributed by atoms with Gasteiger partial charge in [0.1, 0.15) is 0 Å².